The summed E-state index contributed by atoms with van der Waals surface area (Å²) in [6.45, 7) is 5.52. The normalized spacial score (nSPS) is 16.9. The second-order valence-electron chi connectivity index (χ2n) is 6.81. The van der Waals surface area contributed by atoms with Crippen LogP contribution in [0.4, 0.5) is 10.1 Å². The first kappa shape index (κ1) is 19.4. The van der Waals surface area contributed by atoms with Gasteiger partial charge in [-0.1, -0.05) is 30.0 Å². The lowest BCUT2D eigenvalue weighted by atomic mass is 10.1. The number of rotatable bonds is 5. The van der Waals surface area contributed by atoms with E-state index in [4.69, 9.17) is 14.8 Å². The van der Waals surface area contributed by atoms with Crippen molar-refractivity contribution in [1.29, 1.82) is 0 Å². The summed E-state index contributed by atoms with van der Waals surface area (Å²) in [5.74, 6) is 0.657. The fraction of sp³-hybridized carbons (Fsp3) is 0.381. The molecule has 0 amide bonds. The van der Waals surface area contributed by atoms with E-state index in [1.165, 1.54) is 12.1 Å². The number of aliphatic hydroxyl groups excluding tert-OH is 1. The maximum Gasteiger partial charge on any atom is 0.137 e. The van der Waals surface area contributed by atoms with Gasteiger partial charge in [0.1, 0.15) is 11.7 Å². The van der Waals surface area contributed by atoms with Crippen LogP contribution in [0.3, 0.4) is 0 Å². The molecule has 0 bridgehead atoms. The van der Waals surface area contributed by atoms with Crippen molar-refractivity contribution in [3.63, 3.8) is 0 Å². The molecule has 0 spiro atoms. The summed E-state index contributed by atoms with van der Waals surface area (Å²) in [4.78, 5) is 11.7. The van der Waals surface area contributed by atoms with Gasteiger partial charge in [0, 0.05) is 54.1 Å². The van der Waals surface area contributed by atoms with Crippen molar-refractivity contribution >= 4 is 23.3 Å². The van der Waals surface area contributed by atoms with Crippen molar-refractivity contribution in [1.82, 2.24) is 9.80 Å². The van der Waals surface area contributed by atoms with Crippen molar-refractivity contribution in [2.45, 2.75) is 9.79 Å². The van der Waals surface area contributed by atoms with Crippen molar-refractivity contribution in [3.8, 4) is 0 Å². The molecule has 0 aromatic heterocycles. The van der Waals surface area contributed by atoms with Crippen LogP contribution in [0.15, 0.2) is 57.2 Å². The number of aliphatic imine (C=N–C) groups is 1. The molecule has 0 radical (unpaired) electrons. The Morgan fingerprint density at radius 3 is 2.68 bits per heavy atom. The van der Waals surface area contributed by atoms with Crippen LogP contribution in [-0.2, 0) is 4.74 Å². The van der Waals surface area contributed by atoms with E-state index in [9.17, 15) is 4.39 Å². The summed E-state index contributed by atoms with van der Waals surface area (Å²) < 4.78 is 19.2. The van der Waals surface area contributed by atoms with Crippen LogP contribution in [0.1, 0.15) is 5.56 Å². The minimum absolute atomic E-state index is 0.0626. The summed E-state index contributed by atoms with van der Waals surface area (Å²) in [5, 5.41) is 8.79. The van der Waals surface area contributed by atoms with E-state index < -0.39 is 0 Å². The molecule has 2 aromatic carbocycles. The summed E-state index contributed by atoms with van der Waals surface area (Å²) in [7, 11) is 0. The summed E-state index contributed by atoms with van der Waals surface area (Å²) in [6.07, 6.45) is 0. The second kappa shape index (κ2) is 9.05. The Balaban J connectivity index is 1.53. The Hall–Kier alpha value is -1.93. The van der Waals surface area contributed by atoms with E-state index in [0.29, 0.717) is 18.9 Å². The van der Waals surface area contributed by atoms with Gasteiger partial charge in [0.15, 0.2) is 0 Å². The minimum Gasteiger partial charge on any atom is -0.394 e. The van der Waals surface area contributed by atoms with E-state index in [1.54, 1.807) is 11.8 Å². The molecule has 2 heterocycles. The largest absolute Gasteiger partial charge is 0.394 e. The monoisotopic (exact) mass is 401 g/mol. The molecule has 1 saturated heterocycles. The minimum atomic E-state index is -0.263. The van der Waals surface area contributed by atoms with Crippen molar-refractivity contribution in [3.05, 3.63) is 53.8 Å². The van der Waals surface area contributed by atoms with Gasteiger partial charge in [-0.3, -0.25) is 4.90 Å². The lowest BCUT2D eigenvalue weighted by Gasteiger charge is -2.36. The van der Waals surface area contributed by atoms with E-state index in [-0.39, 0.29) is 12.4 Å². The number of fused-ring (bicyclic) bond motifs is 2. The van der Waals surface area contributed by atoms with Crippen LogP contribution in [0.5, 0.6) is 0 Å². The number of piperazine rings is 1. The Labute approximate surface area is 168 Å². The molecule has 7 heteroatoms. The lowest BCUT2D eigenvalue weighted by molar-refractivity contribution is 0.0652. The summed E-state index contributed by atoms with van der Waals surface area (Å²) >= 11 is 1.64. The van der Waals surface area contributed by atoms with Gasteiger partial charge in [-0.05, 0) is 18.2 Å². The third-order valence-corrected chi connectivity index (χ3v) is 6.10. The van der Waals surface area contributed by atoms with Gasteiger partial charge < -0.3 is 14.7 Å². The van der Waals surface area contributed by atoms with Crippen molar-refractivity contribution < 1.29 is 14.2 Å². The first-order valence-electron chi connectivity index (χ1n) is 9.56. The van der Waals surface area contributed by atoms with Gasteiger partial charge in [-0.2, -0.15) is 0 Å². The van der Waals surface area contributed by atoms with Gasteiger partial charge in [0.05, 0.1) is 25.5 Å². The SMILES string of the molecule is OCCOCCN1CCN(C2=Nc3cc(F)ccc3Sc3ccccc32)CC1. The number of halogens is 1. The fourth-order valence-corrected chi connectivity index (χ4v) is 4.48. The van der Waals surface area contributed by atoms with Gasteiger partial charge in [0.25, 0.3) is 0 Å². The number of nitrogens with zero attached hydrogens (tertiary/aromatic N) is 3. The Morgan fingerprint density at radius 1 is 1.04 bits per heavy atom. The topological polar surface area (TPSA) is 48.3 Å². The zero-order valence-corrected chi connectivity index (χ0v) is 16.5. The Kier molecular flexibility index (Phi) is 6.26. The molecular formula is C21H24FN3O2S. The summed E-state index contributed by atoms with van der Waals surface area (Å²) in [5.41, 5.74) is 1.79. The molecule has 5 nitrogen and oxygen atoms in total. The molecule has 148 valence electrons. The van der Waals surface area contributed by atoms with Gasteiger partial charge in [-0.15, -0.1) is 0 Å². The zero-order chi connectivity index (χ0) is 19.3. The maximum absolute atomic E-state index is 13.8. The highest BCUT2D eigenvalue weighted by Crippen LogP contribution is 2.41. The van der Waals surface area contributed by atoms with Crippen LogP contribution >= 0.6 is 11.8 Å². The zero-order valence-electron chi connectivity index (χ0n) is 15.7. The molecular weight excluding hydrogens is 377 g/mol. The standard InChI is InChI=1S/C21H24FN3O2S/c22-16-5-6-20-18(15-16)23-21(17-3-1-2-4-19(17)28-20)25-9-7-24(8-10-25)11-13-27-14-12-26/h1-6,15,26H,7-14H2. The Bertz CT molecular complexity index is 853. The van der Waals surface area contributed by atoms with Crippen molar-refractivity contribution in [2.24, 2.45) is 4.99 Å². The smallest absolute Gasteiger partial charge is 0.137 e. The molecule has 0 aliphatic carbocycles. The molecule has 0 saturated carbocycles. The molecule has 1 N–H and O–H groups in total. The number of hydrogen-bond donors (Lipinski definition) is 1. The molecule has 4 rings (SSSR count). The molecule has 0 unspecified atom stereocenters. The van der Waals surface area contributed by atoms with Gasteiger partial charge >= 0.3 is 0 Å². The highest BCUT2D eigenvalue weighted by molar-refractivity contribution is 7.99. The van der Waals surface area contributed by atoms with Crippen molar-refractivity contribution in [2.75, 3.05) is 52.5 Å². The first-order valence-corrected chi connectivity index (χ1v) is 10.4. The molecule has 2 aliphatic heterocycles. The quantitative estimate of drug-likeness (QED) is 0.781. The van der Waals surface area contributed by atoms with Crippen LogP contribution in [0.2, 0.25) is 0 Å². The number of hydrogen-bond acceptors (Lipinski definition) is 6. The highest BCUT2D eigenvalue weighted by atomic mass is 32.2. The van der Waals surface area contributed by atoms with Gasteiger partial charge in [0.2, 0.25) is 0 Å². The first-order chi connectivity index (χ1) is 13.7. The second-order valence-corrected chi connectivity index (χ2v) is 7.89. The van der Waals surface area contributed by atoms with E-state index in [1.807, 2.05) is 18.2 Å². The number of amidine groups is 1. The number of aliphatic hydroxyl groups is 1. The molecule has 1 fully saturated rings. The van der Waals surface area contributed by atoms with Gasteiger partial charge in [-0.25, -0.2) is 9.38 Å². The van der Waals surface area contributed by atoms with Crippen LogP contribution in [0, 0.1) is 5.82 Å². The summed E-state index contributed by atoms with van der Waals surface area (Å²) in [6, 6.07) is 13.1. The molecule has 0 atom stereocenters. The third kappa shape index (κ3) is 4.38. The number of benzene rings is 2. The fourth-order valence-electron chi connectivity index (χ4n) is 3.48. The van der Waals surface area contributed by atoms with E-state index in [2.05, 4.69) is 21.9 Å². The molecule has 2 aromatic rings. The maximum atomic E-state index is 13.8. The third-order valence-electron chi connectivity index (χ3n) is 4.95. The van der Waals surface area contributed by atoms with E-state index >= 15 is 0 Å². The lowest BCUT2D eigenvalue weighted by Crippen LogP contribution is -2.49. The molecule has 28 heavy (non-hydrogen) atoms. The van der Waals surface area contributed by atoms with Crippen LogP contribution < -0.4 is 0 Å². The van der Waals surface area contributed by atoms with Crippen LogP contribution in [-0.4, -0.2) is 73.3 Å². The highest BCUT2D eigenvalue weighted by Gasteiger charge is 2.25. The van der Waals surface area contributed by atoms with Crippen LogP contribution in [0.25, 0.3) is 0 Å². The molecule has 2 aliphatic rings. The average Bonchev–Trinajstić information content (AvgIpc) is 2.88. The average molecular weight is 402 g/mol. The predicted octanol–water partition coefficient (Wildman–Crippen LogP) is 3.00. The van der Waals surface area contributed by atoms with E-state index in [0.717, 1.165) is 53.9 Å². The Morgan fingerprint density at radius 2 is 1.86 bits per heavy atom. The number of ether oxygens (including phenoxy) is 1. The predicted molar refractivity (Wildman–Crippen MR) is 109 cm³/mol.